The third-order valence-corrected chi connectivity index (χ3v) is 6.91. The number of hydrogen-bond donors (Lipinski definition) is 2. The second-order valence-corrected chi connectivity index (χ2v) is 9.69. The summed E-state index contributed by atoms with van der Waals surface area (Å²) in [4.78, 5) is 40.7. The first-order valence-electron chi connectivity index (χ1n) is 13.0. The van der Waals surface area contributed by atoms with Crippen LogP contribution in [0.25, 0.3) is 0 Å². The van der Waals surface area contributed by atoms with Gasteiger partial charge in [0.15, 0.2) is 18.1 Å². The Balaban J connectivity index is 1.46. The average Bonchev–Trinajstić information content (AvgIpc) is 2.98. The highest BCUT2D eigenvalue weighted by molar-refractivity contribution is 5.96. The van der Waals surface area contributed by atoms with E-state index in [1.807, 2.05) is 6.07 Å². The molecule has 0 unspecified atom stereocenters. The predicted molar refractivity (Wildman–Crippen MR) is 144 cm³/mol. The lowest BCUT2D eigenvalue weighted by atomic mass is 9.99. The molecule has 1 fully saturated rings. The standard InChI is InChI=1S/C30H27FN4O6/c1-39-26-7-6-21-12-27(26)40-17-28(36)33-15-19-10-22(31)13-23(11-19)41-25-8-9-35(16-24(25)34-29(21)37)30(38)20-4-2-18(14-32)3-5-20/h2-7,10-13,24-25H,8-9,15-17H2,1H3,(H,33,36)(H,34,37)/t24-,25+/m0/s1. The lowest BCUT2D eigenvalue weighted by Crippen LogP contribution is -2.58. The summed E-state index contributed by atoms with van der Waals surface area (Å²) in [6, 6.07) is 16.5. The number of nitriles is 1. The Morgan fingerprint density at radius 3 is 2.68 bits per heavy atom. The molecule has 0 aromatic heterocycles. The quantitative estimate of drug-likeness (QED) is 0.495. The van der Waals surface area contributed by atoms with Crippen molar-refractivity contribution in [2.24, 2.45) is 0 Å². The van der Waals surface area contributed by atoms with E-state index in [4.69, 9.17) is 19.5 Å². The second-order valence-electron chi connectivity index (χ2n) is 9.69. The van der Waals surface area contributed by atoms with Gasteiger partial charge in [-0.1, -0.05) is 0 Å². The van der Waals surface area contributed by atoms with E-state index in [1.165, 1.54) is 25.3 Å². The van der Waals surface area contributed by atoms with Crippen LogP contribution in [0.1, 0.15) is 38.3 Å². The molecule has 0 aliphatic carbocycles. The molecule has 10 nitrogen and oxygen atoms in total. The number of nitrogens with one attached hydrogen (secondary N) is 2. The molecule has 41 heavy (non-hydrogen) atoms. The van der Waals surface area contributed by atoms with Crippen LogP contribution in [0.5, 0.6) is 17.2 Å². The van der Waals surface area contributed by atoms with Crippen molar-refractivity contribution in [2.45, 2.75) is 25.1 Å². The summed E-state index contributed by atoms with van der Waals surface area (Å²) >= 11 is 0. The van der Waals surface area contributed by atoms with Crippen molar-refractivity contribution in [3.63, 3.8) is 0 Å². The van der Waals surface area contributed by atoms with Gasteiger partial charge in [0, 0.05) is 43.2 Å². The summed E-state index contributed by atoms with van der Waals surface area (Å²) in [7, 11) is 1.44. The van der Waals surface area contributed by atoms with E-state index in [2.05, 4.69) is 10.6 Å². The number of likely N-dealkylation sites (tertiary alicyclic amines) is 1. The number of amides is 3. The number of nitrogens with zero attached hydrogens (tertiary/aromatic N) is 2. The van der Waals surface area contributed by atoms with Crippen LogP contribution in [-0.4, -0.2) is 61.6 Å². The maximum atomic E-state index is 14.5. The van der Waals surface area contributed by atoms with Crippen LogP contribution in [0.15, 0.2) is 60.7 Å². The molecule has 2 heterocycles. The minimum atomic E-state index is -0.649. The van der Waals surface area contributed by atoms with Crippen molar-refractivity contribution in [3.05, 3.63) is 88.7 Å². The zero-order valence-electron chi connectivity index (χ0n) is 22.2. The molecule has 1 saturated heterocycles. The van der Waals surface area contributed by atoms with Gasteiger partial charge in [-0.15, -0.1) is 0 Å². The Morgan fingerprint density at radius 2 is 1.93 bits per heavy atom. The van der Waals surface area contributed by atoms with Gasteiger partial charge in [-0.3, -0.25) is 14.4 Å². The number of methoxy groups -OCH3 is 1. The summed E-state index contributed by atoms with van der Waals surface area (Å²) < 4.78 is 31.6. The van der Waals surface area contributed by atoms with Crippen molar-refractivity contribution in [1.82, 2.24) is 15.5 Å². The van der Waals surface area contributed by atoms with E-state index < -0.39 is 29.8 Å². The van der Waals surface area contributed by atoms with Crippen molar-refractivity contribution in [3.8, 4) is 23.3 Å². The molecule has 2 aliphatic rings. The maximum absolute atomic E-state index is 14.5. The topological polar surface area (TPSA) is 130 Å². The van der Waals surface area contributed by atoms with Gasteiger partial charge in [0.1, 0.15) is 17.7 Å². The number of ether oxygens (including phenoxy) is 3. The first-order valence-corrected chi connectivity index (χ1v) is 13.0. The van der Waals surface area contributed by atoms with Crippen LogP contribution in [0.3, 0.4) is 0 Å². The van der Waals surface area contributed by atoms with E-state index in [0.717, 1.165) is 0 Å². The first-order chi connectivity index (χ1) is 19.8. The van der Waals surface area contributed by atoms with E-state index in [1.54, 1.807) is 47.4 Å². The van der Waals surface area contributed by atoms with Gasteiger partial charge < -0.3 is 29.7 Å². The number of fused-ring (bicyclic) bond motifs is 5. The van der Waals surface area contributed by atoms with E-state index in [-0.39, 0.29) is 42.7 Å². The van der Waals surface area contributed by atoms with Crippen molar-refractivity contribution >= 4 is 17.7 Å². The van der Waals surface area contributed by atoms with Gasteiger partial charge >= 0.3 is 0 Å². The third-order valence-electron chi connectivity index (χ3n) is 6.91. The van der Waals surface area contributed by atoms with Crippen molar-refractivity contribution < 1.29 is 33.0 Å². The molecule has 2 N–H and O–H groups in total. The van der Waals surface area contributed by atoms with Crippen molar-refractivity contribution in [2.75, 3.05) is 26.8 Å². The van der Waals surface area contributed by atoms with E-state index in [0.29, 0.717) is 35.4 Å². The summed E-state index contributed by atoms with van der Waals surface area (Å²) in [5.74, 6) is -0.926. The van der Waals surface area contributed by atoms with Crippen LogP contribution in [-0.2, 0) is 11.3 Å². The normalized spacial score (nSPS) is 18.9. The SMILES string of the molecule is COc1ccc2cc1OCC(=O)NCc1cc(F)cc(c1)O[C@@H]1CCN(C(=O)c3ccc(C#N)cc3)C[C@@H]1NC2=O. The monoisotopic (exact) mass is 558 g/mol. The number of carbonyl (C=O) groups excluding carboxylic acids is 3. The number of piperidine rings is 1. The third kappa shape index (κ3) is 6.38. The molecule has 0 radical (unpaired) electrons. The minimum Gasteiger partial charge on any atom is -0.493 e. The molecule has 3 amide bonds. The molecular weight excluding hydrogens is 531 g/mol. The van der Waals surface area contributed by atoms with Crippen molar-refractivity contribution in [1.29, 1.82) is 5.26 Å². The molecule has 0 spiro atoms. The zero-order chi connectivity index (χ0) is 28.9. The highest BCUT2D eigenvalue weighted by Crippen LogP contribution is 2.29. The predicted octanol–water partition coefficient (Wildman–Crippen LogP) is 2.81. The van der Waals surface area contributed by atoms with Crippen LogP contribution in [0.4, 0.5) is 4.39 Å². The summed E-state index contributed by atoms with van der Waals surface area (Å²) in [6.45, 7) is 0.157. The van der Waals surface area contributed by atoms with E-state index in [9.17, 15) is 18.8 Å². The molecule has 2 aliphatic heterocycles. The fourth-order valence-corrected chi connectivity index (χ4v) is 4.81. The zero-order valence-corrected chi connectivity index (χ0v) is 22.2. The number of hydrogen-bond acceptors (Lipinski definition) is 7. The number of benzene rings is 3. The lowest BCUT2D eigenvalue weighted by Gasteiger charge is -2.39. The van der Waals surface area contributed by atoms with Gasteiger partial charge in [0.05, 0.1) is 24.8 Å². The van der Waals surface area contributed by atoms with Gasteiger partial charge in [-0.2, -0.15) is 5.26 Å². The molecule has 4 bridgehead atoms. The minimum absolute atomic E-state index is 0.0468. The fraction of sp³-hybridized carbons (Fsp3) is 0.267. The highest BCUT2D eigenvalue weighted by Gasteiger charge is 2.35. The summed E-state index contributed by atoms with van der Waals surface area (Å²) in [6.07, 6.45) is -0.234. The Bertz CT molecular complexity index is 1520. The Labute approximate surface area is 235 Å². The Hall–Kier alpha value is -5.11. The maximum Gasteiger partial charge on any atom is 0.258 e. The number of rotatable bonds is 2. The number of carbonyl (C=O) groups is 3. The Kier molecular flexibility index (Phi) is 8.01. The number of halogens is 1. The van der Waals surface area contributed by atoms with Gasteiger partial charge in [0.2, 0.25) is 0 Å². The fourth-order valence-electron chi connectivity index (χ4n) is 4.81. The van der Waals surface area contributed by atoms with Crippen LogP contribution >= 0.6 is 0 Å². The molecule has 210 valence electrons. The highest BCUT2D eigenvalue weighted by atomic mass is 19.1. The van der Waals surface area contributed by atoms with Crippen LogP contribution in [0, 0.1) is 17.1 Å². The second kappa shape index (κ2) is 12.0. The summed E-state index contributed by atoms with van der Waals surface area (Å²) in [5.41, 5.74) is 1.58. The molecule has 5 rings (SSSR count). The molecule has 3 aromatic carbocycles. The molecule has 2 atom stereocenters. The first kappa shape index (κ1) is 27.5. The Morgan fingerprint density at radius 1 is 1.12 bits per heavy atom. The van der Waals surface area contributed by atoms with Crippen LogP contribution in [0.2, 0.25) is 0 Å². The molecule has 3 aromatic rings. The van der Waals surface area contributed by atoms with Crippen LogP contribution < -0.4 is 24.8 Å². The molecule has 11 heteroatoms. The van der Waals surface area contributed by atoms with E-state index >= 15 is 0 Å². The summed E-state index contributed by atoms with van der Waals surface area (Å²) in [5, 5.41) is 14.7. The van der Waals surface area contributed by atoms with Gasteiger partial charge in [-0.25, -0.2) is 4.39 Å². The molecular formula is C30H27FN4O6. The van der Waals surface area contributed by atoms with Gasteiger partial charge in [-0.05, 0) is 60.2 Å². The molecule has 0 saturated carbocycles. The van der Waals surface area contributed by atoms with Gasteiger partial charge in [0.25, 0.3) is 17.7 Å². The smallest absolute Gasteiger partial charge is 0.258 e. The lowest BCUT2D eigenvalue weighted by molar-refractivity contribution is -0.123. The largest absolute Gasteiger partial charge is 0.493 e. The average molecular weight is 559 g/mol.